The third-order valence-electron chi connectivity index (χ3n) is 3.06. The predicted molar refractivity (Wildman–Crippen MR) is 60.7 cm³/mol. The molecule has 0 spiro atoms. The van der Waals surface area contributed by atoms with Gasteiger partial charge in [0.05, 0.1) is 6.33 Å². The Morgan fingerprint density at radius 2 is 2.40 bits per heavy atom. The van der Waals surface area contributed by atoms with Crippen molar-refractivity contribution < 1.29 is 0 Å². The average molecular weight is 208 g/mol. The summed E-state index contributed by atoms with van der Waals surface area (Å²) in [7, 11) is 0. The van der Waals surface area contributed by atoms with Crippen LogP contribution >= 0.6 is 0 Å². The Kier molecular flexibility index (Phi) is 3.75. The summed E-state index contributed by atoms with van der Waals surface area (Å²) in [6.45, 7) is 8.02. The highest BCUT2D eigenvalue weighted by Gasteiger charge is 2.16. The number of aromatic nitrogens is 2. The first-order chi connectivity index (χ1) is 7.36. The monoisotopic (exact) mass is 208 g/mol. The van der Waals surface area contributed by atoms with Crippen LogP contribution < -0.4 is 5.32 Å². The third kappa shape index (κ3) is 3.04. The molecular formula is C11H20N4. The molecule has 1 aliphatic rings. The predicted octanol–water partition coefficient (Wildman–Crippen LogP) is 0.567. The average Bonchev–Trinajstić information content (AvgIpc) is 2.74. The summed E-state index contributed by atoms with van der Waals surface area (Å²) in [5.74, 6) is 0. The van der Waals surface area contributed by atoms with Gasteiger partial charge < -0.3 is 9.88 Å². The fraction of sp³-hybridized carbons (Fsp3) is 0.727. The van der Waals surface area contributed by atoms with Crippen molar-refractivity contribution in [3.63, 3.8) is 0 Å². The van der Waals surface area contributed by atoms with E-state index in [1.54, 1.807) is 0 Å². The summed E-state index contributed by atoms with van der Waals surface area (Å²) in [6.07, 6.45) is 6.97. The van der Waals surface area contributed by atoms with Crippen molar-refractivity contribution in [1.29, 1.82) is 0 Å². The van der Waals surface area contributed by atoms with Gasteiger partial charge in [0.1, 0.15) is 0 Å². The molecule has 0 radical (unpaired) electrons. The molecular weight excluding hydrogens is 188 g/mol. The number of nitrogens with one attached hydrogen (secondary N) is 1. The van der Waals surface area contributed by atoms with E-state index < -0.39 is 0 Å². The molecule has 4 heteroatoms. The standard InChI is InChI=1S/C11H20N4/c1-11-9-12-4-8-15(11)6-2-5-14-7-3-13-10-14/h3,7,10-12H,2,4-6,8-9H2,1H3/t11-/m1/s1. The molecule has 1 saturated heterocycles. The van der Waals surface area contributed by atoms with Gasteiger partial charge in [0.2, 0.25) is 0 Å². The quantitative estimate of drug-likeness (QED) is 0.785. The second-order valence-corrected chi connectivity index (χ2v) is 4.24. The number of piperazine rings is 1. The van der Waals surface area contributed by atoms with E-state index in [1.165, 1.54) is 19.5 Å². The molecule has 1 atom stereocenters. The lowest BCUT2D eigenvalue weighted by molar-refractivity contribution is 0.169. The Balaban J connectivity index is 1.68. The number of aryl methyl sites for hydroxylation is 1. The molecule has 0 bridgehead atoms. The maximum Gasteiger partial charge on any atom is 0.0945 e. The number of nitrogens with zero attached hydrogens (tertiary/aromatic N) is 3. The van der Waals surface area contributed by atoms with Gasteiger partial charge >= 0.3 is 0 Å². The molecule has 1 aromatic rings. The minimum Gasteiger partial charge on any atom is -0.337 e. The minimum absolute atomic E-state index is 0.682. The second-order valence-electron chi connectivity index (χ2n) is 4.24. The Hall–Kier alpha value is -0.870. The van der Waals surface area contributed by atoms with E-state index in [9.17, 15) is 0 Å². The van der Waals surface area contributed by atoms with Crippen molar-refractivity contribution >= 4 is 0 Å². The minimum atomic E-state index is 0.682. The van der Waals surface area contributed by atoms with Crippen LogP contribution in [0.3, 0.4) is 0 Å². The topological polar surface area (TPSA) is 33.1 Å². The summed E-state index contributed by atoms with van der Waals surface area (Å²) < 4.78 is 2.15. The van der Waals surface area contributed by atoms with Gasteiger partial charge in [0.25, 0.3) is 0 Å². The van der Waals surface area contributed by atoms with E-state index in [4.69, 9.17) is 0 Å². The number of rotatable bonds is 4. The molecule has 2 heterocycles. The highest BCUT2D eigenvalue weighted by atomic mass is 15.2. The number of imidazole rings is 1. The van der Waals surface area contributed by atoms with Gasteiger partial charge in [0, 0.05) is 51.2 Å². The van der Waals surface area contributed by atoms with Crippen molar-refractivity contribution in [1.82, 2.24) is 19.8 Å². The number of hydrogen-bond donors (Lipinski definition) is 1. The van der Waals surface area contributed by atoms with E-state index in [0.717, 1.165) is 19.6 Å². The summed E-state index contributed by atoms with van der Waals surface area (Å²) in [6, 6.07) is 0.682. The largest absolute Gasteiger partial charge is 0.337 e. The van der Waals surface area contributed by atoms with Crippen molar-refractivity contribution in [2.45, 2.75) is 25.9 Å². The molecule has 1 fully saturated rings. The molecule has 4 nitrogen and oxygen atoms in total. The molecule has 1 N–H and O–H groups in total. The van der Waals surface area contributed by atoms with Gasteiger partial charge in [-0.05, 0) is 13.3 Å². The van der Waals surface area contributed by atoms with Crippen LogP contribution in [0.2, 0.25) is 0 Å². The van der Waals surface area contributed by atoms with Crippen molar-refractivity contribution in [2.24, 2.45) is 0 Å². The molecule has 1 aromatic heterocycles. The SMILES string of the molecule is C[C@@H]1CNCCN1CCCn1ccnc1. The van der Waals surface area contributed by atoms with Gasteiger partial charge in [-0.3, -0.25) is 4.90 Å². The Morgan fingerprint density at radius 3 is 3.13 bits per heavy atom. The Bertz CT molecular complexity index is 270. The van der Waals surface area contributed by atoms with Gasteiger partial charge in [-0.25, -0.2) is 4.98 Å². The Labute approximate surface area is 91.3 Å². The Morgan fingerprint density at radius 1 is 1.47 bits per heavy atom. The van der Waals surface area contributed by atoms with Crippen LogP contribution in [0.15, 0.2) is 18.7 Å². The first-order valence-corrected chi connectivity index (χ1v) is 5.77. The third-order valence-corrected chi connectivity index (χ3v) is 3.06. The molecule has 84 valence electrons. The smallest absolute Gasteiger partial charge is 0.0945 e. The summed E-state index contributed by atoms with van der Waals surface area (Å²) in [4.78, 5) is 6.60. The van der Waals surface area contributed by atoms with Gasteiger partial charge in [-0.2, -0.15) is 0 Å². The van der Waals surface area contributed by atoms with Gasteiger partial charge in [-0.15, -0.1) is 0 Å². The molecule has 0 unspecified atom stereocenters. The highest BCUT2D eigenvalue weighted by Crippen LogP contribution is 2.03. The lowest BCUT2D eigenvalue weighted by atomic mass is 10.2. The van der Waals surface area contributed by atoms with E-state index in [1.807, 2.05) is 18.7 Å². The lowest BCUT2D eigenvalue weighted by Crippen LogP contribution is -2.50. The lowest BCUT2D eigenvalue weighted by Gasteiger charge is -2.33. The van der Waals surface area contributed by atoms with E-state index in [2.05, 4.69) is 26.7 Å². The summed E-state index contributed by atoms with van der Waals surface area (Å²) in [5, 5.41) is 3.41. The van der Waals surface area contributed by atoms with Crippen molar-refractivity contribution in [3.8, 4) is 0 Å². The fourth-order valence-electron chi connectivity index (χ4n) is 2.09. The van der Waals surface area contributed by atoms with Gasteiger partial charge in [0.15, 0.2) is 0 Å². The molecule has 0 saturated carbocycles. The first-order valence-electron chi connectivity index (χ1n) is 5.77. The van der Waals surface area contributed by atoms with Crippen LogP contribution in [-0.4, -0.2) is 46.7 Å². The molecule has 1 aliphatic heterocycles. The molecule has 0 aromatic carbocycles. The van der Waals surface area contributed by atoms with Gasteiger partial charge in [-0.1, -0.05) is 0 Å². The van der Waals surface area contributed by atoms with Crippen molar-refractivity contribution in [3.05, 3.63) is 18.7 Å². The molecule has 0 aliphatic carbocycles. The van der Waals surface area contributed by atoms with E-state index in [-0.39, 0.29) is 0 Å². The zero-order valence-corrected chi connectivity index (χ0v) is 9.39. The van der Waals surface area contributed by atoms with Crippen LogP contribution in [0.5, 0.6) is 0 Å². The summed E-state index contributed by atoms with van der Waals surface area (Å²) >= 11 is 0. The maximum atomic E-state index is 4.04. The molecule has 2 rings (SSSR count). The second kappa shape index (κ2) is 5.28. The number of hydrogen-bond acceptors (Lipinski definition) is 3. The van der Waals surface area contributed by atoms with Crippen molar-refractivity contribution in [2.75, 3.05) is 26.2 Å². The van der Waals surface area contributed by atoms with E-state index in [0.29, 0.717) is 6.04 Å². The maximum absolute atomic E-state index is 4.04. The van der Waals surface area contributed by atoms with Crippen LogP contribution in [-0.2, 0) is 6.54 Å². The highest BCUT2D eigenvalue weighted by molar-refractivity contribution is 4.77. The van der Waals surface area contributed by atoms with Crippen LogP contribution in [0.25, 0.3) is 0 Å². The normalized spacial score (nSPS) is 23.1. The fourth-order valence-corrected chi connectivity index (χ4v) is 2.09. The van der Waals surface area contributed by atoms with E-state index >= 15 is 0 Å². The summed E-state index contributed by atoms with van der Waals surface area (Å²) in [5.41, 5.74) is 0. The zero-order valence-electron chi connectivity index (χ0n) is 9.39. The zero-order chi connectivity index (χ0) is 10.5. The first kappa shape index (κ1) is 10.6. The van der Waals surface area contributed by atoms with Crippen LogP contribution in [0.4, 0.5) is 0 Å². The van der Waals surface area contributed by atoms with Crippen LogP contribution in [0, 0.1) is 0 Å². The molecule has 0 amide bonds. The molecule has 15 heavy (non-hydrogen) atoms. The van der Waals surface area contributed by atoms with Crippen LogP contribution in [0.1, 0.15) is 13.3 Å².